The number of nitrogens with zero attached hydrogens (tertiary/aromatic N) is 3. The van der Waals surface area contributed by atoms with Gasteiger partial charge in [-0.25, -0.2) is 9.07 Å². The number of hydrogen-bond acceptors (Lipinski definition) is 6. The molecule has 5 rings (SSSR count). The molecule has 0 aliphatic carbocycles. The van der Waals surface area contributed by atoms with Gasteiger partial charge in [0, 0.05) is 31.8 Å². The van der Waals surface area contributed by atoms with Crippen molar-refractivity contribution < 1.29 is 23.4 Å². The molecule has 2 aromatic heterocycles. The molecule has 0 aliphatic rings. The van der Waals surface area contributed by atoms with Crippen molar-refractivity contribution in [3.05, 3.63) is 120 Å². The second-order valence-electron chi connectivity index (χ2n) is 9.21. The Morgan fingerprint density at radius 1 is 0.923 bits per heavy atom. The average Bonchev–Trinajstić information content (AvgIpc) is 3.57. The molecule has 0 aliphatic heterocycles. The van der Waals surface area contributed by atoms with E-state index in [2.05, 4.69) is 4.90 Å². The van der Waals surface area contributed by atoms with E-state index in [1.165, 1.54) is 12.1 Å². The minimum Gasteiger partial charge on any atom is -0.491 e. The highest BCUT2D eigenvalue weighted by Crippen LogP contribution is 2.34. The number of aliphatic hydroxyl groups is 1. The van der Waals surface area contributed by atoms with E-state index in [1.807, 2.05) is 72.8 Å². The number of rotatable bonds is 12. The lowest BCUT2D eigenvalue weighted by Gasteiger charge is -2.25. The van der Waals surface area contributed by atoms with Gasteiger partial charge in [-0.3, -0.25) is 4.90 Å². The first-order valence-electron chi connectivity index (χ1n) is 12.7. The fourth-order valence-electron chi connectivity index (χ4n) is 4.38. The lowest BCUT2D eigenvalue weighted by molar-refractivity contribution is 0.0602. The zero-order valence-corrected chi connectivity index (χ0v) is 21.6. The standard InChI is InChI=1S/C31H30FN3O4/c1-34-31(39-27-15-8-12-24(32)18-27)29(30(33-34)23-10-4-2-5-11-23)21-35(20-28-16-9-17-37-28)19-25(36)22-38-26-13-6-3-7-14-26/h2-18,25,36H,19-22H2,1H3/t25-/m1/s1. The van der Waals surface area contributed by atoms with Crippen molar-refractivity contribution in [3.8, 4) is 28.6 Å². The van der Waals surface area contributed by atoms with Gasteiger partial charge in [0.2, 0.25) is 5.88 Å². The monoisotopic (exact) mass is 527 g/mol. The summed E-state index contributed by atoms with van der Waals surface area (Å²) in [7, 11) is 1.80. The minimum atomic E-state index is -0.774. The Kier molecular flexibility index (Phi) is 8.36. The number of ether oxygens (including phenoxy) is 2. The van der Waals surface area contributed by atoms with Crippen LogP contribution in [-0.4, -0.2) is 39.0 Å². The van der Waals surface area contributed by atoms with E-state index < -0.39 is 6.10 Å². The van der Waals surface area contributed by atoms with Gasteiger partial charge in [0.15, 0.2) is 0 Å². The molecule has 2 heterocycles. The Morgan fingerprint density at radius 3 is 2.38 bits per heavy atom. The van der Waals surface area contributed by atoms with E-state index in [0.717, 1.165) is 22.6 Å². The third-order valence-corrected chi connectivity index (χ3v) is 6.14. The van der Waals surface area contributed by atoms with Crippen LogP contribution >= 0.6 is 0 Å². The van der Waals surface area contributed by atoms with E-state index in [1.54, 1.807) is 30.1 Å². The van der Waals surface area contributed by atoms with E-state index in [-0.39, 0.29) is 12.4 Å². The molecule has 8 heteroatoms. The molecule has 3 aromatic carbocycles. The molecular weight excluding hydrogens is 497 g/mol. The third-order valence-electron chi connectivity index (χ3n) is 6.14. The molecule has 5 aromatic rings. The maximum Gasteiger partial charge on any atom is 0.222 e. The molecule has 0 fully saturated rings. The summed E-state index contributed by atoms with van der Waals surface area (Å²) in [5.74, 6) is 1.91. The summed E-state index contributed by atoms with van der Waals surface area (Å²) < 4.78 is 33.2. The number of furan rings is 1. The second-order valence-corrected chi connectivity index (χ2v) is 9.21. The van der Waals surface area contributed by atoms with Crippen LogP contribution in [0.4, 0.5) is 4.39 Å². The first-order chi connectivity index (χ1) is 19.0. The van der Waals surface area contributed by atoms with Crippen molar-refractivity contribution in [2.75, 3.05) is 13.2 Å². The summed E-state index contributed by atoms with van der Waals surface area (Å²) >= 11 is 0. The van der Waals surface area contributed by atoms with Crippen LogP contribution in [-0.2, 0) is 20.1 Å². The summed E-state index contributed by atoms with van der Waals surface area (Å²) in [6, 6.07) is 28.9. The predicted octanol–water partition coefficient (Wildman–Crippen LogP) is 6.05. The van der Waals surface area contributed by atoms with Gasteiger partial charge in [-0.2, -0.15) is 5.10 Å². The number of halogens is 1. The smallest absolute Gasteiger partial charge is 0.222 e. The highest BCUT2D eigenvalue weighted by molar-refractivity contribution is 5.65. The maximum atomic E-state index is 13.9. The van der Waals surface area contributed by atoms with Crippen LogP contribution < -0.4 is 9.47 Å². The number of aliphatic hydroxyl groups excluding tert-OH is 1. The van der Waals surface area contributed by atoms with Crippen molar-refractivity contribution in [2.45, 2.75) is 19.2 Å². The van der Waals surface area contributed by atoms with E-state index in [4.69, 9.17) is 19.0 Å². The number of benzene rings is 3. The normalized spacial score (nSPS) is 12.0. The lowest BCUT2D eigenvalue weighted by atomic mass is 10.1. The number of para-hydroxylation sites is 1. The highest BCUT2D eigenvalue weighted by Gasteiger charge is 2.24. The van der Waals surface area contributed by atoms with Crippen LogP contribution in [0.15, 0.2) is 108 Å². The maximum absolute atomic E-state index is 13.9. The fourth-order valence-corrected chi connectivity index (χ4v) is 4.38. The van der Waals surface area contributed by atoms with Gasteiger partial charge in [-0.05, 0) is 36.4 Å². The zero-order valence-electron chi connectivity index (χ0n) is 21.6. The molecule has 0 bridgehead atoms. The molecule has 0 amide bonds. The van der Waals surface area contributed by atoms with Crippen molar-refractivity contribution in [1.82, 2.24) is 14.7 Å². The van der Waals surface area contributed by atoms with Crippen molar-refractivity contribution >= 4 is 0 Å². The molecule has 7 nitrogen and oxygen atoms in total. The highest BCUT2D eigenvalue weighted by atomic mass is 19.1. The van der Waals surface area contributed by atoms with Crippen LogP contribution in [0.25, 0.3) is 11.3 Å². The summed E-state index contributed by atoms with van der Waals surface area (Å²) in [5, 5.41) is 15.7. The van der Waals surface area contributed by atoms with Gasteiger partial charge >= 0.3 is 0 Å². The van der Waals surface area contributed by atoms with Crippen LogP contribution in [0.1, 0.15) is 11.3 Å². The first kappa shape index (κ1) is 26.2. The molecule has 0 radical (unpaired) electrons. The Hall–Kier alpha value is -4.40. The number of aryl methyl sites for hydroxylation is 1. The van der Waals surface area contributed by atoms with Crippen LogP contribution in [0.2, 0.25) is 0 Å². The number of aromatic nitrogens is 2. The van der Waals surface area contributed by atoms with Crippen molar-refractivity contribution in [3.63, 3.8) is 0 Å². The first-order valence-corrected chi connectivity index (χ1v) is 12.7. The molecule has 1 N–H and O–H groups in total. The van der Waals surface area contributed by atoms with Crippen molar-refractivity contribution in [1.29, 1.82) is 0 Å². The Morgan fingerprint density at radius 2 is 1.67 bits per heavy atom. The zero-order chi connectivity index (χ0) is 27.0. The van der Waals surface area contributed by atoms with Crippen LogP contribution in [0.3, 0.4) is 0 Å². The summed E-state index contributed by atoms with van der Waals surface area (Å²) in [4.78, 5) is 2.06. The molecule has 200 valence electrons. The Labute approximate surface area is 226 Å². The predicted molar refractivity (Wildman–Crippen MR) is 146 cm³/mol. The molecular formula is C31H30FN3O4. The number of hydrogen-bond donors (Lipinski definition) is 1. The summed E-state index contributed by atoms with van der Waals surface area (Å²) in [5.41, 5.74) is 2.46. The van der Waals surface area contributed by atoms with E-state index in [0.29, 0.717) is 37.0 Å². The SMILES string of the molecule is Cn1nc(-c2ccccc2)c(CN(Cc2ccco2)C[C@@H](O)COc2ccccc2)c1Oc1cccc(F)c1. The van der Waals surface area contributed by atoms with Crippen molar-refractivity contribution in [2.24, 2.45) is 7.05 Å². The molecule has 39 heavy (non-hydrogen) atoms. The van der Waals surface area contributed by atoms with Gasteiger partial charge in [-0.15, -0.1) is 0 Å². The third kappa shape index (κ3) is 6.93. The van der Waals surface area contributed by atoms with Gasteiger partial charge in [0.05, 0.1) is 18.4 Å². The average molecular weight is 528 g/mol. The van der Waals surface area contributed by atoms with E-state index >= 15 is 0 Å². The largest absolute Gasteiger partial charge is 0.491 e. The van der Waals surface area contributed by atoms with Crippen LogP contribution in [0, 0.1) is 5.82 Å². The molecule has 0 saturated heterocycles. The minimum absolute atomic E-state index is 0.129. The van der Waals surface area contributed by atoms with Gasteiger partial charge < -0.3 is 19.0 Å². The molecule has 0 unspecified atom stereocenters. The topological polar surface area (TPSA) is 72.9 Å². The molecule has 1 atom stereocenters. The second kappa shape index (κ2) is 12.4. The lowest BCUT2D eigenvalue weighted by Crippen LogP contribution is -2.35. The summed E-state index contributed by atoms with van der Waals surface area (Å²) in [6.45, 7) is 1.25. The summed E-state index contributed by atoms with van der Waals surface area (Å²) in [6.07, 6.45) is 0.852. The fraction of sp³-hybridized carbons (Fsp3) is 0.194. The quantitative estimate of drug-likeness (QED) is 0.213. The van der Waals surface area contributed by atoms with E-state index in [9.17, 15) is 9.50 Å². The van der Waals surface area contributed by atoms with Crippen LogP contribution in [0.5, 0.6) is 17.4 Å². The Bertz CT molecular complexity index is 1460. The molecule has 0 spiro atoms. The van der Waals surface area contributed by atoms with Gasteiger partial charge in [0.1, 0.15) is 41.5 Å². The van der Waals surface area contributed by atoms with Gasteiger partial charge in [0.25, 0.3) is 0 Å². The Balaban J connectivity index is 1.44. The molecule has 0 saturated carbocycles. The van der Waals surface area contributed by atoms with Gasteiger partial charge in [-0.1, -0.05) is 54.6 Å².